The highest BCUT2D eigenvalue weighted by atomic mass is 15.1. The van der Waals surface area contributed by atoms with Crippen molar-refractivity contribution in [3.05, 3.63) is 194 Å². The normalized spacial score (nSPS) is 11.6. The van der Waals surface area contributed by atoms with Gasteiger partial charge in [0.15, 0.2) is 17.5 Å². The number of hydrogen-bond acceptors (Lipinski definition) is 4. The number of para-hydroxylation sites is 2. The highest BCUT2D eigenvalue weighted by Crippen LogP contribution is 2.38. The number of imidazole rings is 1. The van der Waals surface area contributed by atoms with Crippen LogP contribution in [0.2, 0.25) is 0 Å². The molecule has 0 radical (unpaired) electrons. The molecule has 0 saturated carbocycles. The van der Waals surface area contributed by atoms with Gasteiger partial charge in [-0.05, 0) is 65.4 Å². The molecule has 6 heteroatoms. The Kier molecular flexibility index (Phi) is 7.38. The van der Waals surface area contributed by atoms with Crippen LogP contribution in [0.1, 0.15) is 0 Å². The zero-order valence-corrected chi connectivity index (χ0v) is 30.2. The lowest BCUT2D eigenvalue weighted by Crippen LogP contribution is -2.01. The fourth-order valence-electron chi connectivity index (χ4n) is 7.91. The summed E-state index contributed by atoms with van der Waals surface area (Å²) in [5, 5.41) is 4.66. The summed E-state index contributed by atoms with van der Waals surface area (Å²) in [6.45, 7) is 0. The zero-order valence-electron chi connectivity index (χ0n) is 30.2. The lowest BCUT2D eigenvalue weighted by atomic mass is 10.0. The van der Waals surface area contributed by atoms with Gasteiger partial charge < -0.3 is 4.57 Å². The Hall–Kier alpha value is -7.70. The van der Waals surface area contributed by atoms with Gasteiger partial charge in [0.05, 0.1) is 22.1 Å². The molecule has 0 unspecified atom stereocenters. The molecule has 3 heterocycles. The monoisotopic (exact) mass is 716 g/mol. The van der Waals surface area contributed by atoms with Crippen LogP contribution in [0.15, 0.2) is 194 Å². The van der Waals surface area contributed by atoms with Crippen molar-refractivity contribution in [3.63, 3.8) is 0 Å². The Labute approximate surface area is 322 Å². The van der Waals surface area contributed by atoms with Gasteiger partial charge in [-0.15, -0.1) is 0 Å². The Morgan fingerprint density at radius 1 is 0.304 bits per heavy atom. The molecule has 262 valence electrons. The molecule has 0 aliphatic heterocycles. The van der Waals surface area contributed by atoms with Crippen molar-refractivity contribution >= 4 is 43.6 Å². The standard InChI is InChI=1S/C50H32N6/c1-5-16-33(17-6-1)47-52-48(34-18-7-2-8-19-34)54-49(53-47)36-22-15-25-40(28-36)55-44-27-14-13-26-41(44)42-29-37-32-46-43(30-38(37)31-45(42)55)51-50(35-20-9-3-10-21-35)56(46)39-23-11-4-12-24-39/h1-32H. The Morgan fingerprint density at radius 3 is 1.50 bits per heavy atom. The van der Waals surface area contributed by atoms with Crippen LogP contribution in [0.5, 0.6) is 0 Å². The highest BCUT2D eigenvalue weighted by Gasteiger charge is 2.19. The Morgan fingerprint density at radius 2 is 0.821 bits per heavy atom. The third-order valence-corrected chi connectivity index (χ3v) is 10.5. The first-order valence-corrected chi connectivity index (χ1v) is 18.7. The van der Waals surface area contributed by atoms with Crippen LogP contribution in [0, 0.1) is 0 Å². The summed E-state index contributed by atoms with van der Waals surface area (Å²) in [6, 6.07) is 67.4. The summed E-state index contributed by atoms with van der Waals surface area (Å²) >= 11 is 0. The van der Waals surface area contributed by atoms with Crippen LogP contribution >= 0.6 is 0 Å². The molecule has 0 aliphatic rings. The van der Waals surface area contributed by atoms with Crippen molar-refractivity contribution in [2.45, 2.75) is 0 Å². The lowest BCUT2D eigenvalue weighted by Gasteiger charge is -2.12. The third-order valence-electron chi connectivity index (χ3n) is 10.5. The van der Waals surface area contributed by atoms with Gasteiger partial charge in [-0.25, -0.2) is 19.9 Å². The lowest BCUT2D eigenvalue weighted by molar-refractivity contribution is 1.07. The summed E-state index contributed by atoms with van der Waals surface area (Å²) in [5.74, 6) is 2.82. The van der Waals surface area contributed by atoms with Gasteiger partial charge in [-0.1, -0.05) is 140 Å². The maximum atomic E-state index is 5.25. The van der Waals surface area contributed by atoms with Crippen molar-refractivity contribution in [3.8, 4) is 56.9 Å². The minimum absolute atomic E-state index is 0.622. The van der Waals surface area contributed by atoms with Crippen LogP contribution in [0.4, 0.5) is 0 Å². The van der Waals surface area contributed by atoms with E-state index in [1.807, 2.05) is 66.7 Å². The molecule has 0 aliphatic carbocycles. The number of fused-ring (bicyclic) bond motifs is 5. The van der Waals surface area contributed by atoms with E-state index in [2.05, 4.69) is 137 Å². The summed E-state index contributed by atoms with van der Waals surface area (Å²) in [6.07, 6.45) is 0. The SMILES string of the molecule is c1ccc(-c2nc(-c3ccccc3)nc(-c3cccc(-n4c5ccccc5c5cc6cc7c(cc6cc54)nc(-c4ccccc4)n7-c4ccccc4)c3)n2)cc1. The molecule has 0 spiro atoms. The maximum Gasteiger partial charge on any atom is 0.164 e. The molecule has 6 nitrogen and oxygen atoms in total. The molecule has 0 bridgehead atoms. The Balaban J connectivity index is 1.11. The molecular formula is C50H32N6. The van der Waals surface area contributed by atoms with E-state index in [1.54, 1.807) is 0 Å². The van der Waals surface area contributed by atoms with E-state index < -0.39 is 0 Å². The minimum atomic E-state index is 0.622. The first-order valence-electron chi connectivity index (χ1n) is 18.7. The van der Waals surface area contributed by atoms with Crippen LogP contribution in [-0.2, 0) is 0 Å². The van der Waals surface area contributed by atoms with Gasteiger partial charge in [0, 0.05) is 44.4 Å². The molecule has 0 N–H and O–H groups in total. The smallest absolute Gasteiger partial charge is 0.164 e. The van der Waals surface area contributed by atoms with Crippen molar-refractivity contribution in [1.29, 1.82) is 0 Å². The number of hydrogen-bond donors (Lipinski definition) is 0. The van der Waals surface area contributed by atoms with Gasteiger partial charge in [0.1, 0.15) is 5.82 Å². The van der Waals surface area contributed by atoms with Gasteiger partial charge in [0.25, 0.3) is 0 Å². The predicted octanol–water partition coefficient (Wildman–Crippen LogP) is 12.1. The first kappa shape index (κ1) is 31.8. The average molecular weight is 717 g/mol. The molecule has 0 saturated heterocycles. The van der Waals surface area contributed by atoms with E-state index in [1.165, 1.54) is 10.8 Å². The molecule has 0 amide bonds. The topological polar surface area (TPSA) is 61.4 Å². The molecule has 0 fully saturated rings. The van der Waals surface area contributed by atoms with Crippen LogP contribution < -0.4 is 0 Å². The third kappa shape index (κ3) is 5.35. The van der Waals surface area contributed by atoms with Gasteiger partial charge in [0.2, 0.25) is 0 Å². The largest absolute Gasteiger partial charge is 0.309 e. The van der Waals surface area contributed by atoms with E-state index in [-0.39, 0.29) is 0 Å². The van der Waals surface area contributed by atoms with Crippen LogP contribution in [0.25, 0.3) is 101 Å². The second kappa shape index (κ2) is 13.0. The molecule has 8 aromatic carbocycles. The van der Waals surface area contributed by atoms with Crippen LogP contribution in [-0.4, -0.2) is 29.1 Å². The van der Waals surface area contributed by atoms with Crippen molar-refractivity contribution in [1.82, 2.24) is 29.1 Å². The van der Waals surface area contributed by atoms with Crippen LogP contribution in [0.3, 0.4) is 0 Å². The number of benzene rings is 8. The first-order chi connectivity index (χ1) is 27.7. The number of nitrogens with zero attached hydrogens (tertiary/aromatic N) is 6. The molecule has 11 rings (SSSR count). The average Bonchev–Trinajstić information content (AvgIpc) is 3.81. The molecule has 56 heavy (non-hydrogen) atoms. The van der Waals surface area contributed by atoms with E-state index in [0.717, 1.165) is 72.3 Å². The zero-order chi connectivity index (χ0) is 37.0. The van der Waals surface area contributed by atoms with E-state index in [0.29, 0.717) is 17.5 Å². The molecule has 0 atom stereocenters. The predicted molar refractivity (Wildman–Crippen MR) is 228 cm³/mol. The summed E-state index contributed by atoms with van der Waals surface area (Å²) < 4.78 is 4.63. The van der Waals surface area contributed by atoms with Gasteiger partial charge in [-0.2, -0.15) is 0 Å². The Bertz CT molecular complexity index is 3170. The fraction of sp³-hybridized carbons (Fsp3) is 0. The highest BCUT2D eigenvalue weighted by molar-refractivity contribution is 6.15. The maximum absolute atomic E-state index is 5.25. The van der Waals surface area contributed by atoms with E-state index in [9.17, 15) is 0 Å². The number of rotatable bonds is 6. The second-order valence-corrected chi connectivity index (χ2v) is 14.0. The second-order valence-electron chi connectivity index (χ2n) is 14.0. The van der Waals surface area contributed by atoms with Crippen molar-refractivity contribution in [2.24, 2.45) is 0 Å². The summed E-state index contributed by atoms with van der Waals surface area (Å²) in [7, 11) is 0. The van der Waals surface area contributed by atoms with E-state index >= 15 is 0 Å². The van der Waals surface area contributed by atoms with Gasteiger partial charge >= 0.3 is 0 Å². The fourth-order valence-corrected chi connectivity index (χ4v) is 7.91. The van der Waals surface area contributed by atoms with Crippen molar-refractivity contribution in [2.75, 3.05) is 0 Å². The molecule has 11 aromatic rings. The summed E-state index contributed by atoms with van der Waals surface area (Å²) in [4.78, 5) is 20.2. The number of aromatic nitrogens is 6. The molecule has 3 aromatic heterocycles. The minimum Gasteiger partial charge on any atom is -0.309 e. The quantitative estimate of drug-likeness (QED) is 0.172. The summed E-state index contributed by atoms with van der Waals surface area (Å²) in [5.41, 5.74) is 10.2. The van der Waals surface area contributed by atoms with Gasteiger partial charge in [-0.3, -0.25) is 4.57 Å². The van der Waals surface area contributed by atoms with Crippen molar-refractivity contribution < 1.29 is 0 Å². The van der Waals surface area contributed by atoms with E-state index in [4.69, 9.17) is 19.9 Å². The molecular weight excluding hydrogens is 685 g/mol.